The van der Waals surface area contributed by atoms with Gasteiger partial charge in [0.05, 0.1) is 12.7 Å². The Morgan fingerprint density at radius 2 is 1.70 bits per heavy atom. The Hall–Kier alpha value is -4.18. The number of ether oxygens (including phenoxy) is 1. The fraction of sp³-hybridized carbons (Fsp3) is 0.217. The number of hydrogen-bond donors (Lipinski definition) is 4. The summed E-state index contributed by atoms with van der Waals surface area (Å²) in [6, 6.07) is 15.9. The lowest BCUT2D eigenvalue weighted by molar-refractivity contribution is -0.146. The number of carboxylic acids is 1. The molecular weight excluding hydrogens is 428 g/mol. The normalized spacial score (nSPS) is 13.0. The average Bonchev–Trinajstić information content (AvgIpc) is 3.33. The lowest BCUT2D eigenvalue weighted by Crippen LogP contribution is -2.36. The predicted molar refractivity (Wildman–Crippen MR) is 118 cm³/mol. The second-order valence-corrected chi connectivity index (χ2v) is 7.55. The number of nitrogens with one attached hydrogen (secondary N) is 2. The van der Waals surface area contributed by atoms with E-state index in [2.05, 4.69) is 15.7 Å². The third-order valence-corrected chi connectivity index (χ3v) is 5.49. The number of amides is 2. The van der Waals surface area contributed by atoms with Crippen molar-refractivity contribution in [3.05, 3.63) is 71.4 Å². The van der Waals surface area contributed by atoms with Gasteiger partial charge in [0.1, 0.15) is 18.0 Å². The molecule has 0 fully saturated rings. The predicted octanol–water partition coefficient (Wildman–Crippen LogP) is 1.96. The van der Waals surface area contributed by atoms with Gasteiger partial charge in [-0.1, -0.05) is 48.5 Å². The van der Waals surface area contributed by atoms with Crippen LogP contribution < -0.4 is 10.6 Å². The van der Waals surface area contributed by atoms with E-state index in [1.54, 1.807) is 0 Å². The molecule has 0 aliphatic heterocycles. The maximum absolute atomic E-state index is 12.5. The molecule has 2 amide bonds. The van der Waals surface area contributed by atoms with E-state index < -0.39 is 30.6 Å². The second-order valence-electron chi connectivity index (χ2n) is 7.55. The SMILES string of the molecule is Cn1ncc(C(=O)NCC(O)C(=O)O)c1NC(=O)OCC1c2ccccc2-c2ccccc21. The Balaban J connectivity index is 1.43. The first-order chi connectivity index (χ1) is 15.9. The number of aromatic nitrogens is 2. The van der Waals surface area contributed by atoms with Crippen molar-refractivity contribution in [1.29, 1.82) is 0 Å². The second kappa shape index (κ2) is 9.13. The zero-order valence-electron chi connectivity index (χ0n) is 17.7. The number of benzene rings is 2. The number of nitrogens with zero attached hydrogens (tertiary/aromatic N) is 2. The molecule has 0 bridgehead atoms. The number of carboxylic acid groups (broad SMARTS) is 1. The lowest BCUT2D eigenvalue weighted by Gasteiger charge is -2.15. The van der Waals surface area contributed by atoms with Crippen molar-refractivity contribution in [2.75, 3.05) is 18.5 Å². The van der Waals surface area contributed by atoms with Crippen LogP contribution in [-0.4, -0.2) is 57.2 Å². The molecule has 0 spiro atoms. The van der Waals surface area contributed by atoms with Crippen LogP contribution in [0.3, 0.4) is 0 Å². The minimum atomic E-state index is -1.75. The van der Waals surface area contributed by atoms with Gasteiger partial charge in [-0.15, -0.1) is 0 Å². The molecule has 1 atom stereocenters. The minimum Gasteiger partial charge on any atom is -0.479 e. The summed E-state index contributed by atoms with van der Waals surface area (Å²) in [5.41, 5.74) is 4.37. The summed E-state index contributed by atoms with van der Waals surface area (Å²) in [5.74, 6) is -2.19. The highest BCUT2D eigenvalue weighted by Crippen LogP contribution is 2.44. The summed E-state index contributed by atoms with van der Waals surface area (Å²) in [7, 11) is 1.53. The fourth-order valence-corrected chi connectivity index (χ4v) is 3.86. The minimum absolute atomic E-state index is 0.00333. The number of hydrogen-bond acceptors (Lipinski definition) is 6. The Morgan fingerprint density at radius 3 is 2.30 bits per heavy atom. The third-order valence-electron chi connectivity index (χ3n) is 5.49. The topological polar surface area (TPSA) is 143 Å². The number of aliphatic carboxylic acids is 1. The Kier molecular flexibility index (Phi) is 6.09. The fourth-order valence-electron chi connectivity index (χ4n) is 3.86. The molecule has 1 aliphatic rings. The summed E-state index contributed by atoms with van der Waals surface area (Å²) in [6.07, 6.45) is -1.29. The molecule has 10 heteroatoms. The Bertz CT molecular complexity index is 1180. The number of anilines is 1. The number of rotatable bonds is 7. The molecule has 170 valence electrons. The van der Waals surface area contributed by atoms with E-state index in [4.69, 9.17) is 9.84 Å². The van der Waals surface area contributed by atoms with Crippen molar-refractivity contribution >= 4 is 23.8 Å². The monoisotopic (exact) mass is 450 g/mol. The van der Waals surface area contributed by atoms with Gasteiger partial charge in [0.15, 0.2) is 6.10 Å². The highest BCUT2D eigenvalue weighted by molar-refractivity contribution is 6.01. The smallest absolute Gasteiger partial charge is 0.412 e. The number of carbonyl (C=O) groups is 3. The van der Waals surface area contributed by atoms with E-state index >= 15 is 0 Å². The molecule has 0 saturated carbocycles. The molecule has 3 aromatic rings. The van der Waals surface area contributed by atoms with Crippen molar-refractivity contribution in [3.8, 4) is 11.1 Å². The molecule has 4 N–H and O–H groups in total. The first kappa shape index (κ1) is 22.0. The largest absolute Gasteiger partial charge is 0.479 e. The molecule has 0 radical (unpaired) electrons. The van der Waals surface area contributed by atoms with Crippen LogP contribution in [0.25, 0.3) is 11.1 Å². The maximum Gasteiger partial charge on any atom is 0.412 e. The summed E-state index contributed by atoms with van der Waals surface area (Å²) in [5, 5.41) is 26.8. The number of carbonyl (C=O) groups excluding carboxylic acids is 2. The molecule has 1 unspecified atom stereocenters. The van der Waals surface area contributed by atoms with Crippen molar-refractivity contribution in [2.45, 2.75) is 12.0 Å². The molecule has 33 heavy (non-hydrogen) atoms. The maximum atomic E-state index is 12.5. The van der Waals surface area contributed by atoms with E-state index in [0.29, 0.717) is 0 Å². The van der Waals surface area contributed by atoms with E-state index in [-0.39, 0.29) is 23.9 Å². The van der Waals surface area contributed by atoms with E-state index in [0.717, 1.165) is 22.3 Å². The summed E-state index contributed by atoms with van der Waals surface area (Å²) in [4.78, 5) is 35.6. The Labute approximate surface area is 188 Å². The van der Waals surface area contributed by atoms with Gasteiger partial charge >= 0.3 is 12.1 Å². The molecule has 4 rings (SSSR count). The standard InChI is InChI=1S/C23H22N4O6/c1-27-20(17(10-25-27)21(29)24-11-19(28)22(30)31)26-23(32)33-12-18-15-8-4-2-6-13(15)14-7-3-5-9-16(14)18/h2-10,18-19,28H,11-12H2,1H3,(H,24,29)(H,26,32)(H,30,31). The van der Waals surface area contributed by atoms with Gasteiger partial charge in [0.25, 0.3) is 5.91 Å². The molecular formula is C23H22N4O6. The quantitative estimate of drug-likeness (QED) is 0.431. The van der Waals surface area contributed by atoms with Crippen LogP contribution in [0.5, 0.6) is 0 Å². The van der Waals surface area contributed by atoms with Crippen LogP contribution in [0.4, 0.5) is 10.6 Å². The summed E-state index contributed by atoms with van der Waals surface area (Å²) >= 11 is 0. The summed E-state index contributed by atoms with van der Waals surface area (Å²) < 4.78 is 6.77. The van der Waals surface area contributed by atoms with Crippen LogP contribution in [0, 0.1) is 0 Å². The first-order valence-corrected chi connectivity index (χ1v) is 10.2. The molecule has 1 aromatic heterocycles. The zero-order valence-corrected chi connectivity index (χ0v) is 17.7. The lowest BCUT2D eigenvalue weighted by atomic mass is 9.98. The van der Waals surface area contributed by atoms with Crippen LogP contribution in [0.15, 0.2) is 54.7 Å². The van der Waals surface area contributed by atoms with Gasteiger partial charge in [-0.05, 0) is 22.3 Å². The number of fused-ring (bicyclic) bond motifs is 3. The van der Waals surface area contributed by atoms with Crippen molar-refractivity contribution in [2.24, 2.45) is 7.05 Å². The van der Waals surface area contributed by atoms with Gasteiger partial charge in [0.2, 0.25) is 0 Å². The third kappa shape index (κ3) is 4.41. The molecule has 2 aromatic carbocycles. The first-order valence-electron chi connectivity index (χ1n) is 10.2. The highest BCUT2D eigenvalue weighted by Gasteiger charge is 2.29. The van der Waals surface area contributed by atoms with Gasteiger partial charge in [0, 0.05) is 13.0 Å². The van der Waals surface area contributed by atoms with Crippen LogP contribution in [-0.2, 0) is 16.6 Å². The van der Waals surface area contributed by atoms with Crippen molar-refractivity contribution in [3.63, 3.8) is 0 Å². The van der Waals surface area contributed by atoms with Gasteiger partial charge in [-0.3, -0.25) is 14.8 Å². The molecule has 0 saturated heterocycles. The molecule has 1 heterocycles. The van der Waals surface area contributed by atoms with Crippen LogP contribution >= 0.6 is 0 Å². The van der Waals surface area contributed by atoms with E-state index in [1.807, 2.05) is 48.5 Å². The number of aliphatic hydroxyl groups is 1. The number of aliphatic hydroxyl groups excluding tert-OH is 1. The van der Waals surface area contributed by atoms with Crippen LogP contribution in [0.1, 0.15) is 27.4 Å². The zero-order chi connectivity index (χ0) is 23.5. The molecule has 1 aliphatic carbocycles. The Morgan fingerprint density at radius 1 is 1.09 bits per heavy atom. The van der Waals surface area contributed by atoms with Gasteiger partial charge in [-0.25, -0.2) is 9.59 Å². The summed E-state index contributed by atoms with van der Waals surface area (Å²) in [6.45, 7) is -0.391. The van der Waals surface area contributed by atoms with Crippen molar-refractivity contribution in [1.82, 2.24) is 15.1 Å². The van der Waals surface area contributed by atoms with E-state index in [9.17, 15) is 19.5 Å². The average molecular weight is 450 g/mol. The highest BCUT2D eigenvalue weighted by atomic mass is 16.5. The van der Waals surface area contributed by atoms with Crippen molar-refractivity contribution < 1.29 is 29.3 Å². The number of aryl methyl sites for hydroxylation is 1. The van der Waals surface area contributed by atoms with E-state index in [1.165, 1.54) is 17.9 Å². The van der Waals surface area contributed by atoms with Crippen LogP contribution in [0.2, 0.25) is 0 Å². The molecule has 10 nitrogen and oxygen atoms in total. The van der Waals surface area contributed by atoms with Gasteiger partial charge < -0.3 is 20.3 Å². The van der Waals surface area contributed by atoms with Gasteiger partial charge in [-0.2, -0.15) is 5.10 Å².